The minimum Gasteiger partial charge on any atom is -0.353 e. The van der Waals surface area contributed by atoms with Gasteiger partial charge in [0.2, 0.25) is 0 Å². The van der Waals surface area contributed by atoms with Crippen LogP contribution in [0.3, 0.4) is 0 Å². The molecule has 1 rings (SSSR count). The van der Waals surface area contributed by atoms with Gasteiger partial charge in [-0.15, -0.1) is 0 Å². The van der Waals surface area contributed by atoms with Crippen LogP contribution in [0.2, 0.25) is 0 Å². The van der Waals surface area contributed by atoms with Crippen LogP contribution in [-0.4, -0.2) is 25.3 Å². The lowest BCUT2D eigenvalue weighted by molar-refractivity contribution is -0.187. The molecule has 0 N–H and O–H groups in total. The van der Waals surface area contributed by atoms with Crippen molar-refractivity contribution >= 4 is 6.29 Å². The van der Waals surface area contributed by atoms with Gasteiger partial charge < -0.3 is 14.3 Å². The van der Waals surface area contributed by atoms with Crippen LogP contribution in [0, 0.1) is 11.8 Å². The molecular formula is C14H26O3. The van der Waals surface area contributed by atoms with Crippen molar-refractivity contribution in [3.8, 4) is 0 Å². The predicted molar refractivity (Wildman–Crippen MR) is 67.8 cm³/mol. The topological polar surface area (TPSA) is 35.5 Å². The van der Waals surface area contributed by atoms with E-state index in [2.05, 4.69) is 13.8 Å². The second-order valence-corrected chi connectivity index (χ2v) is 5.43. The third kappa shape index (κ3) is 6.18. The fourth-order valence-corrected chi connectivity index (χ4v) is 2.49. The van der Waals surface area contributed by atoms with Crippen molar-refractivity contribution < 1.29 is 14.3 Å². The molecule has 100 valence electrons. The van der Waals surface area contributed by atoms with Crippen LogP contribution in [0.25, 0.3) is 0 Å². The molecule has 0 spiro atoms. The molecule has 1 aliphatic rings. The Kier molecular flexibility index (Phi) is 6.75. The van der Waals surface area contributed by atoms with Gasteiger partial charge in [-0.2, -0.15) is 0 Å². The maximum absolute atomic E-state index is 10.6. The summed E-state index contributed by atoms with van der Waals surface area (Å²) in [6.07, 6.45) is 6.56. The fourth-order valence-electron chi connectivity index (χ4n) is 2.49. The smallest absolute Gasteiger partial charge is 0.157 e. The summed E-state index contributed by atoms with van der Waals surface area (Å²) in [5.41, 5.74) is 0. The van der Waals surface area contributed by atoms with Gasteiger partial charge in [-0.25, -0.2) is 0 Å². The van der Waals surface area contributed by atoms with Crippen molar-refractivity contribution in [3.63, 3.8) is 0 Å². The zero-order valence-electron chi connectivity index (χ0n) is 11.4. The minimum atomic E-state index is -0.00514. The Balaban J connectivity index is 2.18. The molecule has 0 amide bonds. The van der Waals surface area contributed by atoms with Crippen molar-refractivity contribution in [2.45, 2.75) is 65.3 Å². The molecule has 0 aromatic heterocycles. The Morgan fingerprint density at radius 2 is 2.06 bits per heavy atom. The minimum absolute atomic E-state index is 0.00514. The van der Waals surface area contributed by atoms with Crippen LogP contribution >= 0.6 is 0 Å². The molecule has 3 nitrogen and oxygen atoms in total. The summed E-state index contributed by atoms with van der Waals surface area (Å²) in [5.74, 6) is 0.678. The zero-order chi connectivity index (χ0) is 12.7. The molecule has 4 atom stereocenters. The van der Waals surface area contributed by atoms with Gasteiger partial charge in [0, 0.05) is 12.5 Å². The molecule has 0 aromatic carbocycles. The van der Waals surface area contributed by atoms with Crippen molar-refractivity contribution in [1.82, 2.24) is 0 Å². The molecule has 1 aliphatic heterocycles. The zero-order valence-corrected chi connectivity index (χ0v) is 11.4. The average Bonchev–Trinajstić information content (AvgIpc) is 2.29. The Hall–Kier alpha value is -0.410. The van der Waals surface area contributed by atoms with E-state index < -0.39 is 0 Å². The standard InChI is InChI=1S/C14H26O3/c1-11(8-12(2)10-15)9-13(3)17-14-6-4-5-7-16-14/h10-14H,4-9H2,1-3H3/t11-,12+,13-,14?/m0/s1. The monoisotopic (exact) mass is 242 g/mol. The van der Waals surface area contributed by atoms with E-state index in [1.807, 2.05) is 6.92 Å². The highest BCUT2D eigenvalue weighted by Gasteiger charge is 2.19. The fraction of sp³-hybridized carbons (Fsp3) is 0.929. The van der Waals surface area contributed by atoms with Gasteiger partial charge in [-0.1, -0.05) is 13.8 Å². The van der Waals surface area contributed by atoms with Crippen molar-refractivity contribution in [2.24, 2.45) is 11.8 Å². The molecule has 0 bridgehead atoms. The molecule has 1 fully saturated rings. The first-order valence-electron chi connectivity index (χ1n) is 6.84. The summed E-state index contributed by atoms with van der Waals surface area (Å²) in [6, 6.07) is 0. The van der Waals surface area contributed by atoms with Crippen molar-refractivity contribution in [3.05, 3.63) is 0 Å². The summed E-state index contributed by atoms with van der Waals surface area (Å²) in [5, 5.41) is 0. The molecule has 0 aliphatic carbocycles. The summed E-state index contributed by atoms with van der Waals surface area (Å²) < 4.78 is 11.4. The van der Waals surface area contributed by atoms with Gasteiger partial charge >= 0.3 is 0 Å². The van der Waals surface area contributed by atoms with Crippen LogP contribution < -0.4 is 0 Å². The summed E-state index contributed by atoms with van der Waals surface area (Å²) in [4.78, 5) is 10.6. The summed E-state index contributed by atoms with van der Waals surface area (Å²) in [6.45, 7) is 7.08. The number of aldehydes is 1. The van der Waals surface area contributed by atoms with E-state index >= 15 is 0 Å². The number of hydrogen-bond donors (Lipinski definition) is 0. The summed E-state index contributed by atoms with van der Waals surface area (Å²) >= 11 is 0. The Bertz CT molecular complexity index is 212. The molecule has 1 heterocycles. The van der Waals surface area contributed by atoms with Crippen LogP contribution in [0.15, 0.2) is 0 Å². The maximum atomic E-state index is 10.6. The van der Waals surface area contributed by atoms with Gasteiger partial charge in [0.15, 0.2) is 6.29 Å². The largest absolute Gasteiger partial charge is 0.353 e. The first-order valence-corrected chi connectivity index (χ1v) is 6.84. The quantitative estimate of drug-likeness (QED) is 0.643. The molecule has 0 radical (unpaired) electrons. The van der Waals surface area contributed by atoms with Crippen LogP contribution in [-0.2, 0) is 14.3 Å². The lowest BCUT2D eigenvalue weighted by Crippen LogP contribution is -2.27. The molecule has 1 saturated heterocycles. The SMILES string of the molecule is C[C@@H](C[C@@H](C)C=O)C[C@H](C)OC1CCCCO1. The number of ether oxygens (including phenoxy) is 2. The van der Waals surface area contributed by atoms with E-state index in [1.165, 1.54) is 6.42 Å². The average molecular weight is 242 g/mol. The number of rotatable bonds is 7. The molecule has 17 heavy (non-hydrogen) atoms. The van der Waals surface area contributed by atoms with Crippen molar-refractivity contribution in [2.75, 3.05) is 6.61 Å². The second kappa shape index (κ2) is 7.83. The van der Waals surface area contributed by atoms with E-state index in [1.54, 1.807) is 0 Å². The number of carbonyl (C=O) groups excluding carboxylic acids is 1. The van der Waals surface area contributed by atoms with Gasteiger partial charge in [-0.3, -0.25) is 0 Å². The lowest BCUT2D eigenvalue weighted by Gasteiger charge is -2.27. The van der Waals surface area contributed by atoms with E-state index in [0.29, 0.717) is 5.92 Å². The Morgan fingerprint density at radius 3 is 2.65 bits per heavy atom. The van der Waals surface area contributed by atoms with Gasteiger partial charge in [0.05, 0.1) is 6.10 Å². The highest BCUT2D eigenvalue weighted by molar-refractivity contribution is 5.52. The maximum Gasteiger partial charge on any atom is 0.157 e. The van der Waals surface area contributed by atoms with E-state index in [-0.39, 0.29) is 18.3 Å². The van der Waals surface area contributed by atoms with Crippen LogP contribution in [0.5, 0.6) is 0 Å². The van der Waals surface area contributed by atoms with E-state index in [9.17, 15) is 4.79 Å². The molecule has 1 unspecified atom stereocenters. The lowest BCUT2D eigenvalue weighted by atomic mass is 9.94. The number of carbonyl (C=O) groups is 1. The highest BCUT2D eigenvalue weighted by Crippen LogP contribution is 2.21. The van der Waals surface area contributed by atoms with Gasteiger partial charge in [0.25, 0.3) is 0 Å². The third-order valence-electron chi connectivity index (χ3n) is 3.26. The third-order valence-corrected chi connectivity index (χ3v) is 3.26. The predicted octanol–water partition coefficient (Wildman–Crippen LogP) is 3.17. The van der Waals surface area contributed by atoms with Gasteiger partial charge in [0.1, 0.15) is 6.29 Å². The van der Waals surface area contributed by atoms with Crippen LogP contribution in [0.4, 0.5) is 0 Å². The number of hydrogen-bond acceptors (Lipinski definition) is 3. The molecule has 0 aromatic rings. The Morgan fingerprint density at radius 1 is 1.29 bits per heavy atom. The Labute approximate surface area is 105 Å². The van der Waals surface area contributed by atoms with Crippen LogP contribution in [0.1, 0.15) is 52.9 Å². The van der Waals surface area contributed by atoms with Crippen molar-refractivity contribution in [1.29, 1.82) is 0 Å². The van der Waals surface area contributed by atoms with Gasteiger partial charge in [-0.05, 0) is 44.9 Å². The highest BCUT2D eigenvalue weighted by atomic mass is 16.7. The second-order valence-electron chi connectivity index (χ2n) is 5.43. The summed E-state index contributed by atoms with van der Waals surface area (Å²) in [7, 11) is 0. The first-order chi connectivity index (χ1) is 8.11. The first kappa shape index (κ1) is 14.7. The molecule has 3 heteroatoms. The van der Waals surface area contributed by atoms with E-state index in [4.69, 9.17) is 9.47 Å². The molecular weight excluding hydrogens is 216 g/mol. The normalized spacial score (nSPS) is 26.2. The van der Waals surface area contributed by atoms with E-state index in [0.717, 1.165) is 38.6 Å². The molecule has 0 saturated carbocycles.